The third kappa shape index (κ3) is 9.48. The number of aryl methyl sites for hydroxylation is 1. The fourth-order valence-corrected chi connectivity index (χ4v) is 4.69. The summed E-state index contributed by atoms with van der Waals surface area (Å²) in [5, 5.41) is 10.5. The lowest BCUT2D eigenvalue weighted by Crippen LogP contribution is -2.34. The summed E-state index contributed by atoms with van der Waals surface area (Å²) in [6.45, 7) is 2.79. The number of thioether (sulfide) groups is 1. The molecule has 0 bridgehead atoms. The van der Waals surface area contributed by atoms with Gasteiger partial charge in [0.15, 0.2) is 0 Å². The maximum atomic E-state index is 12.2. The predicted octanol–water partition coefficient (Wildman–Crippen LogP) is 4.24. The highest BCUT2D eigenvalue weighted by atomic mass is 32.2. The normalized spacial score (nSPS) is 18.5. The van der Waals surface area contributed by atoms with E-state index in [0.29, 0.717) is 19.4 Å². The Morgan fingerprint density at radius 1 is 1.29 bits per heavy atom. The molecule has 3 atom stereocenters. The van der Waals surface area contributed by atoms with E-state index in [2.05, 4.69) is 35.9 Å². The van der Waals surface area contributed by atoms with Gasteiger partial charge in [-0.15, -0.1) is 0 Å². The van der Waals surface area contributed by atoms with Gasteiger partial charge in [0.25, 0.3) is 0 Å². The topological polar surface area (TPSA) is 66.8 Å². The number of esters is 1. The fraction of sp³-hybridized carbons (Fsp3) is 0.600. The Bertz CT molecular complexity index is 694. The number of amides is 1. The van der Waals surface area contributed by atoms with E-state index in [1.807, 2.05) is 23.1 Å². The number of hydrogen-bond donors (Lipinski definition) is 1. The van der Waals surface area contributed by atoms with Crippen molar-refractivity contribution in [1.29, 1.82) is 0 Å². The number of carbonyl (C=O) groups is 2. The van der Waals surface area contributed by atoms with Gasteiger partial charge in [0.2, 0.25) is 5.91 Å². The smallest absolute Gasteiger partial charge is 0.305 e. The fourth-order valence-electron chi connectivity index (χ4n) is 3.81. The molecule has 1 fully saturated rings. The van der Waals surface area contributed by atoms with Crippen molar-refractivity contribution in [3.05, 3.63) is 48.0 Å². The molecule has 0 spiro atoms. The summed E-state index contributed by atoms with van der Waals surface area (Å²) in [6.07, 6.45) is 9.10. The van der Waals surface area contributed by atoms with E-state index in [9.17, 15) is 14.7 Å². The minimum Gasteiger partial charge on any atom is -0.469 e. The van der Waals surface area contributed by atoms with Gasteiger partial charge in [-0.1, -0.05) is 49.4 Å². The van der Waals surface area contributed by atoms with E-state index in [1.165, 1.54) is 12.7 Å². The predicted molar refractivity (Wildman–Crippen MR) is 127 cm³/mol. The molecule has 0 aromatic heterocycles. The summed E-state index contributed by atoms with van der Waals surface area (Å²) in [5.41, 5.74) is 1.34. The number of rotatable bonds is 14. The minimum atomic E-state index is -0.485. The van der Waals surface area contributed by atoms with Crippen molar-refractivity contribution >= 4 is 23.6 Å². The van der Waals surface area contributed by atoms with Crippen molar-refractivity contribution in [2.45, 2.75) is 64.0 Å². The Kier molecular flexibility index (Phi) is 11.8. The van der Waals surface area contributed by atoms with Crippen molar-refractivity contribution in [2.75, 3.05) is 25.2 Å². The number of aliphatic hydroxyl groups excluding tert-OH is 1. The second kappa shape index (κ2) is 14.3. The molecule has 1 aromatic rings. The first-order chi connectivity index (χ1) is 15.0. The molecule has 6 heteroatoms. The van der Waals surface area contributed by atoms with E-state index >= 15 is 0 Å². The van der Waals surface area contributed by atoms with E-state index in [4.69, 9.17) is 0 Å². The van der Waals surface area contributed by atoms with E-state index in [0.717, 1.165) is 43.6 Å². The maximum absolute atomic E-state index is 12.2. The SMILES string of the molecule is COC(=O)CCCSCCN1C(=O)CCC1C=C[C@@H](O)[C@@H](C)CCCc1ccccc1. The van der Waals surface area contributed by atoms with E-state index in [1.54, 1.807) is 11.8 Å². The van der Waals surface area contributed by atoms with Crippen molar-refractivity contribution in [3.63, 3.8) is 0 Å². The molecule has 2 rings (SSSR count). The second-order valence-electron chi connectivity index (χ2n) is 8.22. The molecular formula is C25H37NO4S. The summed E-state index contributed by atoms with van der Waals surface area (Å²) in [6, 6.07) is 10.5. The zero-order chi connectivity index (χ0) is 22.5. The zero-order valence-electron chi connectivity index (χ0n) is 18.9. The van der Waals surface area contributed by atoms with Gasteiger partial charge in [-0.3, -0.25) is 9.59 Å². The summed E-state index contributed by atoms with van der Waals surface area (Å²) >= 11 is 1.76. The zero-order valence-corrected chi connectivity index (χ0v) is 19.7. The van der Waals surface area contributed by atoms with Gasteiger partial charge in [0.1, 0.15) is 0 Å². The Labute approximate surface area is 191 Å². The van der Waals surface area contributed by atoms with Crippen LogP contribution in [0.2, 0.25) is 0 Å². The van der Waals surface area contributed by atoms with Crippen LogP contribution in [0, 0.1) is 5.92 Å². The molecule has 1 saturated heterocycles. The molecule has 172 valence electrons. The van der Waals surface area contributed by atoms with Gasteiger partial charge in [-0.05, 0) is 49.3 Å². The van der Waals surface area contributed by atoms with Gasteiger partial charge >= 0.3 is 5.97 Å². The number of hydrogen-bond acceptors (Lipinski definition) is 5. The monoisotopic (exact) mass is 447 g/mol. The van der Waals surface area contributed by atoms with Crippen LogP contribution in [-0.4, -0.2) is 59.2 Å². The van der Waals surface area contributed by atoms with Gasteiger partial charge in [0.05, 0.1) is 19.3 Å². The van der Waals surface area contributed by atoms with Crippen LogP contribution in [0.25, 0.3) is 0 Å². The molecule has 0 aliphatic carbocycles. The van der Waals surface area contributed by atoms with Crippen molar-refractivity contribution in [3.8, 4) is 0 Å². The molecule has 0 saturated carbocycles. The highest BCUT2D eigenvalue weighted by Crippen LogP contribution is 2.22. The Hall–Kier alpha value is -1.79. The molecule has 1 heterocycles. The summed E-state index contributed by atoms with van der Waals surface area (Å²) in [5.74, 6) is 1.95. The number of nitrogens with zero attached hydrogens (tertiary/aromatic N) is 1. The number of carbonyl (C=O) groups excluding carboxylic acids is 2. The maximum Gasteiger partial charge on any atom is 0.305 e. The Balaban J connectivity index is 1.68. The summed E-state index contributed by atoms with van der Waals surface area (Å²) in [4.78, 5) is 25.3. The van der Waals surface area contributed by atoms with Crippen molar-refractivity contribution in [1.82, 2.24) is 4.90 Å². The largest absolute Gasteiger partial charge is 0.469 e. The van der Waals surface area contributed by atoms with E-state index in [-0.39, 0.29) is 23.8 Å². The summed E-state index contributed by atoms with van der Waals surface area (Å²) < 4.78 is 4.64. The molecule has 0 radical (unpaired) electrons. The first kappa shape index (κ1) is 25.5. The van der Waals surface area contributed by atoms with Gasteiger partial charge in [0, 0.05) is 25.1 Å². The highest BCUT2D eigenvalue weighted by molar-refractivity contribution is 7.99. The second-order valence-corrected chi connectivity index (χ2v) is 9.44. The van der Waals surface area contributed by atoms with Crippen LogP contribution in [0.5, 0.6) is 0 Å². The Morgan fingerprint density at radius 2 is 2.06 bits per heavy atom. The number of methoxy groups -OCH3 is 1. The quantitative estimate of drug-likeness (QED) is 0.262. The standard InChI is InChI=1S/C25H37NO4S/c1-20(8-6-11-21-9-4-3-5-10-21)23(27)15-13-22-14-16-24(28)26(22)17-19-31-18-7-12-25(29)30-2/h3-5,9-10,13,15,20,22-23,27H,6-8,11-12,14,16-19H2,1-2H3/t20-,22?,23+/m0/s1. The van der Waals surface area contributed by atoms with Crippen LogP contribution < -0.4 is 0 Å². The van der Waals surface area contributed by atoms with E-state index < -0.39 is 6.10 Å². The van der Waals surface area contributed by atoms with Gasteiger partial charge < -0.3 is 14.7 Å². The first-order valence-electron chi connectivity index (χ1n) is 11.4. The van der Waals surface area contributed by atoms with Crippen LogP contribution in [0.15, 0.2) is 42.5 Å². The summed E-state index contributed by atoms with van der Waals surface area (Å²) in [7, 11) is 1.41. The molecule has 5 nitrogen and oxygen atoms in total. The lowest BCUT2D eigenvalue weighted by molar-refractivity contribution is -0.140. The van der Waals surface area contributed by atoms with Crippen molar-refractivity contribution in [2.24, 2.45) is 5.92 Å². The number of likely N-dealkylation sites (tertiary alicyclic amines) is 1. The molecular weight excluding hydrogens is 410 g/mol. The number of benzene rings is 1. The molecule has 1 aromatic carbocycles. The van der Waals surface area contributed by atoms with Crippen molar-refractivity contribution < 1.29 is 19.4 Å². The molecule has 1 aliphatic heterocycles. The van der Waals surface area contributed by atoms with Crippen LogP contribution in [0.3, 0.4) is 0 Å². The van der Waals surface area contributed by atoms with Crippen LogP contribution in [0.4, 0.5) is 0 Å². The average Bonchev–Trinajstić information content (AvgIpc) is 3.14. The Morgan fingerprint density at radius 3 is 2.81 bits per heavy atom. The third-order valence-corrected chi connectivity index (χ3v) is 6.88. The lowest BCUT2D eigenvalue weighted by Gasteiger charge is -2.23. The van der Waals surface area contributed by atoms with Gasteiger partial charge in [-0.2, -0.15) is 11.8 Å². The first-order valence-corrected chi connectivity index (χ1v) is 12.5. The van der Waals surface area contributed by atoms with Crippen LogP contribution in [-0.2, 0) is 20.7 Å². The van der Waals surface area contributed by atoms with Crippen LogP contribution >= 0.6 is 11.8 Å². The highest BCUT2D eigenvalue weighted by Gasteiger charge is 2.28. The molecule has 1 aliphatic rings. The average molecular weight is 448 g/mol. The lowest BCUT2D eigenvalue weighted by atomic mass is 9.95. The van der Waals surface area contributed by atoms with Gasteiger partial charge in [-0.25, -0.2) is 0 Å². The molecule has 1 amide bonds. The number of ether oxygens (including phenoxy) is 1. The molecule has 1 N–H and O–H groups in total. The minimum absolute atomic E-state index is 0.0781. The molecule has 31 heavy (non-hydrogen) atoms. The third-order valence-electron chi connectivity index (χ3n) is 5.83. The van der Waals surface area contributed by atoms with Crippen LogP contribution in [0.1, 0.15) is 51.0 Å². The number of aliphatic hydroxyl groups is 1. The molecule has 1 unspecified atom stereocenters.